The molecule has 2 aromatic heterocycles. The lowest BCUT2D eigenvalue weighted by Crippen LogP contribution is -2.37. The van der Waals surface area contributed by atoms with E-state index in [1.165, 1.54) is 12.1 Å². The fourth-order valence-electron chi connectivity index (χ4n) is 3.15. The SMILES string of the molecule is O=C(NCCNc1ccc(Nc2ccncc2)nn1)C1(c2ccc(F)cc2)CC1. The van der Waals surface area contributed by atoms with Crippen molar-refractivity contribution in [3.63, 3.8) is 0 Å². The van der Waals surface area contributed by atoms with Crippen molar-refractivity contribution in [1.82, 2.24) is 20.5 Å². The van der Waals surface area contributed by atoms with Crippen molar-refractivity contribution in [3.8, 4) is 0 Å². The predicted molar refractivity (Wildman–Crippen MR) is 108 cm³/mol. The molecule has 0 saturated heterocycles. The average Bonchev–Trinajstić information content (AvgIpc) is 3.56. The van der Waals surface area contributed by atoms with Gasteiger partial charge in [0.15, 0.2) is 5.82 Å². The first-order chi connectivity index (χ1) is 14.2. The molecule has 1 aliphatic carbocycles. The first kappa shape index (κ1) is 18.8. The van der Waals surface area contributed by atoms with Crippen LogP contribution in [0.3, 0.4) is 0 Å². The first-order valence-electron chi connectivity index (χ1n) is 9.45. The number of nitrogens with one attached hydrogen (secondary N) is 3. The van der Waals surface area contributed by atoms with Gasteiger partial charge in [-0.25, -0.2) is 4.39 Å². The summed E-state index contributed by atoms with van der Waals surface area (Å²) in [4.78, 5) is 16.5. The van der Waals surface area contributed by atoms with Gasteiger partial charge in [0, 0.05) is 31.2 Å². The van der Waals surface area contributed by atoms with Gasteiger partial charge in [-0.3, -0.25) is 9.78 Å². The summed E-state index contributed by atoms with van der Waals surface area (Å²) < 4.78 is 13.1. The Labute approximate surface area is 167 Å². The summed E-state index contributed by atoms with van der Waals surface area (Å²) in [5.41, 5.74) is 1.24. The molecule has 2 heterocycles. The lowest BCUT2D eigenvalue weighted by molar-refractivity contribution is -0.123. The molecule has 0 atom stereocenters. The molecule has 1 amide bonds. The van der Waals surface area contributed by atoms with Crippen LogP contribution in [-0.2, 0) is 10.2 Å². The summed E-state index contributed by atoms with van der Waals surface area (Å²) in [5, 5.41) is 17.5. The highest BCUT2D eigenvalue weighted by Gasteiger charge is 2.50. The highest BCUT2D eigenvalue weighted by atomic mass is 19.1. The van der Waals surface area contributed by atoms with Gasteiger partial charge >= 0.3 is 0 Å². The summed E-state index contributed by atoms with van der Waals surface area (Å²) in [7, 11) is 0. The fourth-order valence-corrected chi connectivity index (χ4v) is 3.15. The molecular formula is C21H21FN6O. The van der Waals surface area contributed by atoms with Crippen molar-refractivity contribution in [2.24, 2.45) is 0 Å². The van der Waals surface area contributed by atoms with Crippen LogP contribution in [-0.4, -0.2) is 34.2 Å². The Bertz CT molecular complexity index is 959. The van der Waals surface area contributed by atoms with Crippen LogP contribution >= 0.6 is 0 Å². The highest BCUT2D eigenvalue weighted by molar-refractivity contribution is 5.91. The van der Waals surface area contributed by atoms with E-state index in [9.17, 15) is 9.18 Å². The minimum Gasteiger partial charge on any atom is -0.367 e. The van der Waals surface area contributed by atoms with Crippen LogP contribution in [0.4, 0.5) is 21.7 Å². The van der Waals surface area contributed by atoms with Crippen molar-refractivity contribution >= 4 is 23.2 Å². The largest absolute Gasteiger partial charge is 0.367 e. The molecule has 4 rings (SSSR count). The molecule has 8 heteroatoms. The van der Waals surface area contributed by atoms with Crippen molar-refractivity contribution in [2.75, 3.05) is 23.7 Å². The van der Waals surface area contributed by atoms with E-state index in [1.54, 1.807) is 24.5 Å². The summed E-state index contributed by atoms with van der Waals surface area (Å²) in [5.74, 6) is 0.940. The number of aromatic nitrogens is 3. The molecule has 0 aliphatic heterocycles. The van der Waals surface area contributed by atoms with Crippen LogP contribution in [0.2, 0.25) is 0 Å². The zero-order chi connectivity index (χ0) is 20.1. The standard InChI is InChI=1S/C21H21FN6O/c22-16-3-1-15(2-4-16)21(9-10-21)20(29)25-14-13-24-18-5-6-19(28-27-18)26-17-7-11-23-12-8-17/h1-8,11-12H,9-10,13-14H2,(H,24,27)(H,25,29)(H,23,26,28). The number of carbonyl (C=O) groups excluding carboxylic acids is 1. The maximum Gasteiger partial charge on any atom is 0.230 e. The third-order valence-electron chi connectivity index (χ3n) is 4.92. The van der Waals surface area contributed by atoms with E-state index < -0.39 is 5.41 Å². The maximum atomic E-state index is 13.1. The zero-order valence-corrected chi connectivity index (χ0v) is 15.7. The molecule has 0 radical (unpaired) electrons. The lowest BCUT2D eigenvalue weighted by Gasteiger charge is -2.16. The van der Waals surface area contributed by atoms with Crippen molar-refractivity contribution in [1.29, 1.82) is 0 Å². The third kappa shape index (κ3) is 4.48. The molecule has 148 valence electrons. The number of nitrogens with zero attached hydrogens (tertiary/aromatic N) is 3. The van der Waals surface area contributed by atoms with Gasteiger partial charge in [-0.2, -0.15) is 0 Å². The molecule has 0 unspecified atom stereocenters. The monoisotopic (exact) mass is 392 g/mol. The number of hydrogen-bond donors (Lipinski definition) is 3. The smallest absolute Gasteiger partial charge is 0.230 e. The number of rotatable bonds is 8. The lowest BCUT2D eigenvalue weighted by atomic mass is 9.95. The number of anilines is 3. The van der Waals surface area contributed by atoms with E-state index >= 15 is 0 Å². The van der Waals surface area contributed by atoms with Crippen LogP contribution in [0, 0.1) is 5.82 Å². The Morgan fingerprint density at radius 1 is 0.931 bits per heavy atom. The average molecular weight is 392 g/mol. The molecule has 1 aromatic carbocycles. The Morgan fingerprint density at radius 3 is 2.28 bits per heavy atom. The minimum absolute atomic E-state index is 0.0195. The highest BCUT2D eigenvalue weighted by Crippen LogP contribution is 2.48. The minimum atomic E-state index is -0.506. The van der Waals surface area contributed by atoms with Crippen LogP contribution < -0.4 is 16.0 Å². The molecule has 3 N–H and O–H groups in total. The van der Waals surface area contributed by atoms with E-state index in [-0.39, 0.29) is 11.7 Å². The van der Waals surface area contributed by atoms with Gasteiger partial charge in [-0.15, -0.1) is 10.2 Å². The Hall–Kier alpha value is -3.55. The van der Waals surface area contributed by atoms with Crippen LogP contribution in [0.1, 0.15) is 18.4 Å². The van der Waals surface area contributed by atoms with E-state index in [4.69, 9.17) is 0 Å². The number of hydrogen-bond acceptors (Lipinski definition) is 6. The molecule has 1 fully saturated rings. The Kier molecular flexibility index (Phi) is 5.33. The number of amides is 1. The summed E-state index contributed by atoms with van der Waals surface area (Å²) in [6, 6.07) is 13.5. The zero-order valence-electron chi connectivity index (χ0n) is 15.7. The summed E-state index contributed by atoms with van der Waals surface area (Å²) >= 11 is 0. The van der Waals surface area contributed by atoms with Gasteiger partial charge in [0.25, 0.3) is 0 Å². The second kappa shape index (κ2) is 8.22. The quantitative estimate of drug-likeness (QED) is 0.511. The van der Waals surface area contributed by atoms with Crippen LogP contribution in [0.15, 0.2) is 60.9 Å². The Balaban J connectivity index is 1.23. The molecule has 3 aromatic rings. The molecule has 29 heavy (non-hydrogen) atoms. The van der Waals surface area contributed by atoms with Gasteiger partial charge in [0.2, 0.25) is 5.91 Å². The van der Waals surface area contributed by atoms with Gasteiger partial charge in [0.05, 0.1) is 5.41 Å². The third-order valence-corrected chi connectivity index (χ3v) is 4.92. The number of carbonyl (C=O) groups is 1. The molecule has 1 saturated carbocycles. The second-order valence-electron chi connectivity index (χ2n) is 6.94. The van der Waals surface area contributed by atoms with Gasteiger partial charge < -0.3 is 16.0 Å². The molecule has 7 nitrogen and oxygen atoms in total. The van der Waals surface area contributed by atoms with Crippen molar-refractivity contribution < 1.29 is 9.18 Å². The van der Waals surface area contributed by atoms with Crippen LogP contribution in [0.25, 0.3) is 0 Å². The predicted octanol–water partition coefficient (Wildman–Crippen LogP) is 3.01. The van der Waals surface area contributed by atoms with Crippen molar-refractivity contribution in [3.05, 3.63) is 72.3 Å². The van der Waals surface area contributed by atoms with E-state index in [2.05, 4.69) is 31.1 Å². The number of halogens is 1. The second-order valence-corrected chi connectivity index (χ2v) is 6.94. The van der Waals surface area contributed by atoms with Crippen LogP contribution in [0.5, 0.6) is 0 Å². The maximum absolute atomic E-state index is 13.1. The molecule has 0 spiro atoms. The first-order valence-corrected chi connectivity index (χ1v) is 9.45. The molecule has 0 bridgehead atoms. The van der Waals surface area contributed by atoms with E-state index in [1.807, 2.05) is 24.3 Å². The van der Waals surface area contributed by atoms with Gasteiger partial charge in [-0.1, -0.05) is 12.1 Å². The number of pyridine rings is 1. The van der Waals surface area contributed by atoms with E-state index in [0.717, 1.165) is 24.1 Å². The summed E-state index contributed by atoms with van der Waals surface area (Å²) in [6.07, 6.45) is 4.97. The fraction of sp³-hybridized carbons (Fsp3) is 0.238. The topological polar surface area (TPSA) is 91.8 Å². The molecular weight excluding hydrogens is 371 g/mol. The van der Waals surface area contributed by atoms with Gasteiger partial charge in [-0.05, 0) is 54.8 Å². The van der Waals surface area contributed by atoms with Gasteiger partial charge in [0.1, 0.15) is 11.6 Å². The molecule has 1 aliphatic rings. The van der Waals surface area contributed by atoms with E-state index in [0.29, 0.717) is 24.7 Å². The Morgan fingerprint density at radius 2 is 1.62 bits per heavy atom. The number of benzene rings is 1. The van der Waals surface area contributed by atoms with Crippen molar-refractivity contribution in [2.45, 2.75) is 18.3 Å². The summed E-state index contributed by atoms with van der Waals surface area (Å²) in [6.45, 7) is 0.984. The normalized spacial score (nSPS) is 14.1.